The minimum Gasteiger partial charge on any atom is -0.354 e. The Balaban J connectivity index is 1.80. The summed E-state index contributed by atoms with van der Waals surface area (Å²) >= 11 is 16.0. The number of anilines is 1. The fourth-order valence-corrected chi connectivity index (χ4v) is 6.95. The van der Waals surface area contributed by atoms with Crippen molar-refractivity contribution in [2.24, 2.45) is 0 Å². The third kappa shape index (κ3) is 9.33. The first-order valence-electron chi connectivity index (χ1n) is 14.5. The first-order valence-corrected chi connectivity index (χ1v) is 17.5. The van der Waals surface area contributed by atoms with E-state index in [1.54, 1.807) is 18.2 Å². The van der Waals surface area contributed by atoms with E-state index in [-0.39, 0.29) is 39.5 Å². The number of unbranched alkanes of at least 4 members (excludes halogenated alkanes) is 1. The van der Waals surface area contributed by atoms with Crippen LogP contribution in [0.25, 0.3) is 0 Å². The molecule has 0 fully saturated rings. The van der Waals surface area contributed by atoms with E-state index in [4.69, 9.17) is 23.2 Å². The third-order valence-electron chi connectivity index (χ3n) is 7.14. The number of nitrogens with zero attached hydrogens (tertiary/aromatic N) is 2. The second kappa shape index (κ2) is 16.3. The molecule has 0 unspecified atom stereocenters. The lowest BCUT2D eigenvalue weighted by Gasteiger charge is -2.34. The molecule has 0 aromatic heterocycles. The number of rotatable bonds is 14. The highest BCUT2D eigenvalue weighted by Gasteiger charge is 2.34. The number of hydrogen-bond acceptors (Lipinski definition) is 4. The molecule has 0 aliphatic heterocycles. The zero-order valence-corrected chi connectivity index (χ0v) is 28.6. The van der Waals surface area contributed by atoms with E-state index in [1.165, 1.54) is 35.2 Å². The van der Waals surface area contributed by atoms with E-state index in [2.05, 4.69) is 21.2 Å². The molecule has 0 aliphatic carbocycles. The van der Waals surface area contributed by atoms with Crippen LogP contribution < -0.4 is 9.62 Å². The van der Waals surface area contributed by atoms with Crippen molar-refractivity contribution in [3.8, 4) is 0 Å². The first kappa shape index (κ1) is 34.5. The monoisotopic (exact) mass is 729 g/mol. The molecule has 1 N–H and O–H groups in total. The smallest absolute Gasteiger partial charge is 0.264 e. The molecule has 0 heterocycles. The minimum atomic E-state index is -4.24. The number of hydrogen-bond donors (Lipinski definition) is 1. The Morgan fingerprint density at radius 2 is 1.51 bits per heavy atom. The summed E-state index contributed by atoms with van der Waals surface area (Å²) in [6.07, 6.45) is 1.90. The van der Waals surface area contributed by atoms with Crippen LogP contribution in [0.5, 0.6) is 0 Å². The zero-order valence-electron chi connectivity index (χ0n) is 24.7. The summed E-state index contributed by atoms with van der Waals surface area (Å²) in [4.78, 5) is 29.7. The molecule has 0 spiro atoms. The Kier molecular flexibility index (Phi) is 12.5. The van der Waals surface area contributed by atoms with Crippen LogP contribution in [0, 0.1) is 0 Å². The van der Waals surface area contributed by atoms with Crippen molar-refractivity contribution in [1.29, 1.82) is 0 Å². The Hall–Kier alpha value is -3.37. The lowest BCUT2D eigenvalue weighted by Crippen LogP contribution is -2.53. The van der Waals surface area contributed by atoms with Gasteiger partial charge in [-0.05, 0) is 60.0 Å². The van der Waals surface area contributed by atoms with Gasteiger partial charge in [0, 0.05) is 24.0 Å². The fraction of sp³-hybridized carbons (Fsp3) is 0.235. The number of benzene rings is 4. The summed E-state index contributed by atoms with van der Waals surface area (Å²) in [5, 5.41) is 3.36. The van der Waals surface area contributed by atoms with Crippen molar-refractivity contribution >= 4 is 66.7 Å². The van der Waals surface area contributed by atoms with Gasteiger partial charge in [-0.3, -0.25) is 13.9 Å². The molecule has 0 aliphatic rings. The van der Waals surface area contributed by atoms with Gasteiger partial charge < -0.3 is 10.2 Å². The van der Waals surface area contributed by atoms with Crippen LogP contribution in [0.1, 0.15) is 30.9 Å². The van der Waals surface area contributed by atoms with Crippen LogP contribution in [0.3, 0.4) is 0 Å². The van der Waals surface area contributed by atoms with E-state index in [0.29, 0.717) is 6.54 Å². The van der Waals surface area contributed by atoms with Gasteiger partial charge in [0.2, 0.25) is 11.8 Å². The fourth-order valence-electron chi connectivity index (χ4n) is 4.78. The molecule has 4 rings (SSSR count). The van der Waals surface area contributed by atoms with Crippen molar-refractivity contribution in [2.45, 2.75) is 43.7 Å². The first-order chi connectivity index (χ1) is 21.6. The van der Waals surface area contributed by atoms with Crippen LogP contribution in [0.15, 0.2) is 112 Å². The maximum absolute atomic E-state index is 14.5. The summed E-state index contributed by atoms with van der Waals surface area (Å²) < 4.78 is 29.9. The maximum Gasteiger partial charge on any atom is 0.264 e. The Morgan fingerprint density at radius 1 is 0.844 bits per heavy atom. The molecule has 236 valence electrons. The normalized spacial score (nSPS) is 11.9. The molecule has 11 heteroatoms. The summed E-state index contributed by atoms with van der Waals surface area (Å²) in [5.41, 5.74) is 1.79. The van der Waals surface area contributed by atoms with Gasteiger partial charge in [-0.25, -0.2) is 8.42 Å². The standard InChI is InChI=1S/C34H34BrCl2N3O4S/c1-2-3-19-38-34(42)32(21-25-11-6-4-7-12-25)39(23-26-13-10-14-27(35)20-26)33(41)24-40(28-17-18-30(36)31(37)22-28)45(43,44)29-15-8-5-9-16-29/h4-18,20,22,32H,2-3,19,21,23-24H2,1H3,(H,38,42)/t32-/m0/s1. The second-order valence-electron chi connectivity index (χ2n) is 10.4. The lowest BCUT2D eigenvalue weighted by molar-refractivity contribution is -0.140. The Bertz CT molecular complexity index is 1710. The van der Waals surface area contributed by atoms with Gasteiger partial charge in [0.25, 0.3) is 10.0 Å². The number of sulfonamides is 1. The van der Waals surface area contributed by atoms with Crippen molar-refractivity contribution in [2.75, 3.05) is 17.4 Å². The van der Waals surface area contributed by atoms with Crippen molar-refractivity contribution in [3.05, 3.63) is 129 Å². The number of halogens is 3. The average Bonchev–Trinajstić information content (AvgIpc) is 3.03. The minimum absolute atomic E-state index is 0.000515. The van der Waals surface area contributed by atoms with Crippen LogP contribution >= 0.6 is 39.1 Å². The quantitative estimate of drug-likeness (QED) is 0.136. The van der Waals surface area contributed by atoms with Gasteiger partial charge in [0.05, 0.1) is 20.6 Å². The highest BCUT2D eigenvalue weighted by molar-refractivity contribution is 9.10. The van der Waals surface area contributed by atoms with Crippen LogP contribution in [-0.4, -0.2) is 44.3 Å². The molecule has 45 heavy (non-hydrogen) atoms. The highest BCUT2D eigenvalue weighted by atomic mass is 79.9. The van der Waals surface area contributed by atoms with Crippen molar-refractivity contribution in [1.82, 2.24) is 10.2 Å². The molecule has 2 amide bonds. The van der Waals surface area contributed by atoms with Gasteiger partial charge in [0.1, 0.15) is 12.6 Å². The van der Waals surface area contributed by atoms with Crippen LogP contribution in [-0.2, 0) is 32.6 Å². The number of nitrogens with one attached hydrogen (secondary N) is 1. The van der Waals surface area contributed by atoms with Gasteiger partial charge in [-0.15, -0.1) is 0 Å². The zero-order chi connectivity index (χ0) is 32.4. The molecule has 0 radical (unpaired) electrons. The Labute approximate surface area is 283 Å². The summed E-state index contributed by atoms with van der Waals surface area (Å²) in [7, 11) is -4.24. The molecule has 1 atom stereocenters. The highest BCUT2D eigenvalue weighted by Crippen LogP contribution is 2.31. The lowest BCUT2D eigenvalue weighted by atomic mass is 10.0. The summed E-state index contributed by atoms with van der Waals surface area (Å²) in [5.74, 6) is -0.880. The van der Waals surface area contributed by atoms with Crippen LogP contribution in [0.4, 0.5) is 5.69 Å². The molecule has 4 aromatic carbocycles. The Morgan fingerprint density at radius 3 is 2.16 bits per heavy atom. The topological polar surface area (TPSA) is 86.8 Å². The molecule has 7 nitrogen and oxygen atoms in total. The number of carbonyl (C=O) groups excluding carboxylic acids is 2. The number of amides is 2. The van der Waals surface area contributed by atoms with E-state index >= 15 is 0 Å². The summed E-state index contributed by atoms with van der Waals surface area (Å²) in [6, 6.07) is 28.2. The van der Waals surface area contributed by atoms with Crippen LogP contribution in [0.2, 0.25) is 10.0 Å². The third-order valence-corrected chi connectivity index (χ3v) is 10.2. The second-order valence-corrected chi connectivity index (χ2v) is 14.0. The van der Waals surface area contributed by atoms with Gasteiger partial charge in [0.15, 0.2) is 0 Å². The summed E-state index contributed by atoms with van der Waals surface area (Å²) in [6.45, 7) is 1.97. The predicted octanol–water partition coefficient (Wildman–Crippen LogP) is 7.51. The van der Waals surface area contributed by atoms with E-state index in [0.717, 1.165) is 32.7 Å². The molecule has 0 saturated carbocycles. The maximum atomic E-state index is 14.5. The molecular formula is C34H34BrCl2N3O4S. The van der Waals surface area contributed by atoms with E-state index in [1.807, 2.05) is 61.5 Å². The van der Waals surface area contributed by atoms with Gasteiger partial charge in [-0.2, -0.15) is 0 Å². The van der Waals surface area contributed by atoms with E-state index in [9.17, 15) is 18.0 Å². The largest absolute Gasteiger partial charge is 0.354 e. The van der Waals surface area contributed by atoms with E-state index < -0.39 is 28.5 Å². The SMILES string of the molecule is CCCCNC(=O)[C@H](Cc1ccccc1)N(Cc1cccc(Br)c1)C(=O)CN(c1ccc(Cl)c(Cl)c1)S(=O)(=O)c1ccccc1. The van der Waals surface area contributed by atoms with Crippen molar-refractivity contribution in [3.63, 3.8) is 0 Å². The molecule has 0 bridgehead atoms. The van der Waals surface area contributed by atoms with Gasteiger partial charge in [-0.1, -0.05) is 113 Å². The molecule has 4 aromatic rings. The molecular weight excluding hydrogens is 697 g/mol. The average molecular weight is 732 g/mol. The van der Waals surface area contributed by atoms with Crippen molar-refractivity contribution < 1.29 is 18.0 Å². The van der Waals surface area contributed by atoms with Gasteiger partial charge >= 0.3 is 0 Å². The molecule has 0 saturated heterocycles. The number of carbonyl (C=O) groups is 2. The predicted molar refractivity (Wildman–Crippen MR) is 184 cm³/mol.